The van der Waals surface area contributed by atoms with Crippen molar-refractivity contribution in [3.8, 4) is 0 Å². The Bertz CT molecular complexity index is 875. The maximum absolute atomic E-state index is 12.5. The molecule has 0 aliphatic carbocycles. The van der Waals surface area contributed by atoms with Gasteiger partial charge in [-0.2, -0.15) is 0 Å². The van der Waals surface area contributed by atoms with Gasteiger partial charge in [-0.1, -0.05) is 18.2 Å². The Balaban J connectivity index is 1.81. The minimum absolute atomic E-state index is 0.207. The van der Waals surface area contributed by atoms with E-state index in [4.69, 9.17) is 0 Å². The maximum Gasteiger partial charge on any atom is 0.326 e. The molecule has 6 heteroatoms. The summed E-state index contributed by atoms with van der Waals surface area (Å²) in [7, 11) is -3.26. The summed E-state index contributed by atoms with van der Waals surface area (Å²) in [4.78, 5) is 14.5. The lowest BCUT2D eigenvalue weighted by Gasteiger charge is -2.18. The van der Waals surface area contributed by atoms with Crippen LogP contribution in [0.4, 0.5) is 16.2 Å². The third-order valence-corrected chi connectivity index (χ3v) is 5.21. The van der Waals surface area contributed by atoms with Gasteiger partial charge in [-0.15, -0.1) is 0 Å². The molecule has 3 rings (SSSR count). The summed E-state index contributed by atoms with van der Waals surface area (Å²) in [5, 5.41) is 2.84. The van der Waals surface area contributed by atoms with Crippen molar-refractivity contribution in [2.24, 2.45) is 0 Å². The Labute approximate surface area is 135 Å². The van der Waals surface area contributed by atoms with Crippen molar-refractivity contribution in [2.75, 3.05) is 23.0 Å². The molecular formula is C17H18N2O3S. The first kappa shape index (κ1) is 15.6. The molecule has 0 unspecified atom stereocenters. The normalized spacial score (nSPS) is 13.7. The third kappa shape index (κ3) is 3.07. The summed E-state index contributed by atoms with van der Waals surface area (Å²) in [6.45, 7) is 2.36. The van der Waals surface area contributed by atoms with E-state index in [1.54, 1.807) is 24.0 Å². The van der Waals surface area contributed by atoms with Crippen LogP contribution >= 0.6 is 0 Å². The van der Waals surface area contributed by atoms with E-state index in [1.165, 1.54) is 12.3 Å². The minimum Gasteiger partial charge on any atom is -0.308 e. The van der Waals surface area contributed by atoms with Crippen LogP contribution in [0.2, 0.25) is 0 Å². The number of amides is 2. The number of sulfone groups is 1. The third-order valence-electron chi connectivity index (χ3n) is 3.96. The van der Waals surface area contributed by atoms with Crippen LogP contribution in [0.1, 0.15) is 11.1 Å². The van der Waals surface area contributed by atoms with E-state index in [-0.39, 0.29) is 10.9 Å². The van der Waals surface area contributed by atoms with Crippen molar-refractivity contribution in [1.82, 2.24) is 0 Å². The zero-order valence-corrected chi connectivity index (χ0v) is 13.9. The number of hydrogen-bond donors (Lipinski definition) is 1. The topological polar surface area (TPSA) is 66.5 Å². The van der Waals surface area contributed by atoms with Crippen molar-refractivity contribution in [3.05, 3.63) is 53.6 Å². The fourth-order valence-corrected chi connectivity index (χ4v) is 3.84. The quantitative estimate of drug-likeness (QED) is 0.920. The molecular weight excluding hydrogens is 312 g/mol. The van der Waals surface area contributed by atoms with Gasteiger partial charge in [0.25, 0.3) is 0 Å². The zero-order valence-electron chi connectivity index (χ0n) is 13.0. The predicted octanol–water partition coefficient (Wildman–Crippen LogP) is 2.99. The van der Waals surface area contributed by atoms with Crippen molar-refractivity contribution in [2.45, 2.75) is 18.2 Å². The predicted molar refractivity (Wildman–Crippen MR) is 90.8 cm³/mol. The lowest BCUT2D eigenvalue weighted by atomic mass is 10.2. The molecule has 0 spiro atoms. The number of carbonyl (C=O) groups excluding carboxylic acids is 1. The Morgan fingerprint density at radius 1 is 1.17 bits per heavy atom. The molecule has 1 aliphatic rings. The van der Waals surface area contributed by atoms with E-state index in [1.807, 2.05) is 24.3 Å². The minimum atomic E-state index is -3.26. The molecule has 2 aromatic carbocycles. The van der Waals surface area contributed by atoms with Crippen LogP contribution < -0.4 is 10.2 Å². The van der Waals surface area contributed by atoms with Gasteiger partial charge in [-0.25, -0.2) is 13.2 Å². The molecule has 1 aliphatic heterocycles. The summed E-state index contributed by atoms with van der Waals surface area (Å²) in [5.41, 5.74) is 3.29. The van der Waals surface area contributed by atoms with E-state index >= 15 is 0 Å². The molecule has 0 aromatic heterocycles. The first-order chi connectivity index (χ1) is 10.9. The Hall–Kier alpha value is -2.34. The molecule has 1 heterocycles. The highest BCUT2D eigenvalue weighted by atomic mass is 32.2. The summed E-state index contributed by atoms with van der Waals surface area (Å²) in [5.74, 6) is 0. The summed E-state index contributed by atoms with van der Waals surface area (Å²) < 4.78 is 23.3. The zero-order chi connectivity index (χ0) is 16.6. The van der Waals surface area contributed by atoms with Crippen LogP contribution in [0.15, 0.2) is 47.4 Å². The molecule has 2 aromatic rings. The van der Waals surface area contributed by atoms with Crippen molar-refractivity contribution in [3.63, 3.8) is 0 Å². The number of benzene rings is 2. The van der Waals surface area contributed by atoms with E-state index in [2.05, 4.69) is 5.32 Å². The summed E-state index contributed by atoms with van der Waals surface area (Å²) in [6.07, 6.45) is 2.02. The highest BCUT2D eigenvalue weighted by molar-refractivity contribution is 7.90. The first-order valence-electron chi connectivity index (χ1n) is 7.33. The fraction of sp³-hybridized carbons (Fsp3) is 0.235. The average molecular weight is 330 g/mol. The molecule has 0 atom stereocenters. The van der Waals surface area contributed by atoms with Gasteiger partial charge in [0.2, 0.25) is 0 Å². The van der Waals surface area contributed by atoms with Crippen LogP contribution in [-0.2, 0) is 16.3 Å². The lowest BCUT2D eigenvalue weighted by Crippen LogP contribution is -2.33. The summed E-state index contributed by atoms with van der Waals surface area (Å²) >= 11 is 0. The average Bonchev–Trinajstić information content (AvgIpc) is 2.90. The fourth-order valence-electron chi connectivity index (χ4n) is 2.88. The maximum atomic E-state index is 12.5. The van der Waals surface area contributed by atoms with Gasteiger partial charge in [0.05, 0.1) is 4.90 Å². The molecule has 5 nitrogen and oxygen atoms in total. The first-order valence-corrected chi connectivity index (χ1v) is 9.22. The van der Waals surface area contributed by atoms with E-state index in [9.17, 15) is 13.2 Å². The Kier molecular flexibility index (Phi) is 3.85. The van der Waals surface area contributed by atoms with Crippen molar-refractivity contribution < 1.29 is 13.2 Å². The number of carbonyl (C=O) groups is 1. The number of nitrogens with zero attached hydrogens (tertiary/aromatic N) is 1. The summed E-state index contributed by atoms with van der Waals surface area (Å²) in [6, 6.07) is 12.4. The van der Waals surface area contributed by atoms with Crippen LogP contribution in [-0.4, -0.2) is 27.2 Å². The lowest BCUT2D eigenvalue weighted by molar-refractivity contribution is 0.257. The van der Waals surface area contributed by atoms with Crippen LogP contribution in [0, 0.1) is 6.92 Å². The second kappa shape index (κ2) is 5.70. The Morgan fingerprint density at radius 3 is 2.61 bits per heavy atom. The molecule has 1 N–H and O–H groups in total. The number of para-hydroxylation sites is 1. The van der Waals surface area contributed by atoms with Crippen molar-refractivity contribution >= 4 is 27.2 Å². The van der Waals surface area contributed by atoms with E-state index in [0.717, 1.165) is 17.7 Å². The largest absolute Gasteiger partial charge is 0.326 e. The SMILES string of the molecule is Cc1cc(NC(=O)N2CCc3ccccc32)ccc1S(C)(=O)=O. The van der Waals surface area contributed by atoms with Gasteiger partial charge in [0.1, 0.15) is 0 Å². The molecule has 0 saturated heterocycles. The van der Waals surface area contributed by atoms with Gasteiger partial charge in [-0.3, -0.25) is 4.90 Å². The smallest absolute Gasteiger partial charge is 0.308 e. The molecule has 120 valence electrons. The van der Waals surface area contributed by atoms with Gasteiger partial charge in [-0.05, 0) is 48.7 Å². The van der Waals surface area contributed by atoms with E-state index < -0.39 is 9.84 Å². The van der Waals surface area contributed by atoms with Gasteiger partial charge < -0.3 is 5.32 Å². The molecule has 0 saturated carbocycles. The van der Waals surface area contributed by atoms with Crippen LogP contribution in [0.5, 0.6) is 0 Å². The monoisotopic (exact) mass is 330 g/mol. The number of anilines is 2. The second-order valence-electron chi connectivity index (χ2n) is 5.71. The molecule has 0 bridgehead atoms. The van der Waals surface area contributed by atoms with E-state index in [0.29, 0.717) is 17.8 Å². The highest BCUT2D eigenvalue weighted by Gasteiger charge is 2.24. The highest BCUT2D eigenvalue weighted by Crippen LogP contribution is 2.28. The Morgan fingerprint density at radius 2 is 1.91 bits per heavy atom. The number of fused-ring (bicyclic) bond motifs is 1. The van der Waals surface area contributed by atoms with Crippen LogP contribution in [0.25, 0.3) is 0 Å². The molecule has 0 fully saturated rings. The standard InChI is InChI=1S/C17H18N2O3S/c1-12-11-14(7-8-16(12)23(2,21)22)18-17(20)19-10-9-13-5-3-4-6-15(13)19/h3-8,11H,9-10H2,1-2H3,(H,18,20). The number of aryl methyl sites for hydroxylation is 1. The van der Waals surface area contributed by atoms with Gasteiger partial charge >= 0.3 is 6.03 Å². The number of rotatable bonds is 2. The molecule has 23 heavy (non-hydrogen) atoms. The second-order valence-corrected chi connectivity index (χ2v) is 7.70. The van der Waals surface area contributed by atoms with Gasteiger partial charge in [0, 0.05) is 24.2 Å². The number of hydrogen-bond acceptors (Lipinski definition) is 3. The van der Waals surface area contributed by atoms with Crippen molar-refractivity contribution in [1.29, 1.82) is 0 Å². The number of nitrogens with one attached hydrogen (secondary N) is 1. The van der Waals surface area contributed by atoms with Crippen LogP contribution in [0.3, 0.4) is 0 Å². The molecule has 0 radical (unpaired) electrons. The van der Waals surface area contributed by atoms with Gasteiger partial charge in [0.15, 0.2) is 9.84 Å². The number of urea groups is 1. The molecule has 2 amide bonds.